The molecule has 7 heteroatoms. The summed E-state index contributed by atoms with van der Waals surface area (Å²) in [7, 11) is 0. The Morgan fingerprint density at radius 2 is 1.94 bits per heavy atom. The number of likely N-dealkylation sites (tertiary alicyclic amines) is 1. The van der Waals surface area contributed by atoms with E-state index in [2.05, 4.69) is 4.98 Å². The zero-order chi connectivity index (χ0) is 23.8. The molecule has 0 saturated carbocycles. The van der Waals surface area contributed by atoms with E-state index in [4.69, 9.17) is 4.74 Å². The molecule has 3 aromatic rings. The minimum absolute atomic E-state index is 0.0704. The standard InChI is InChI=1S/C27H27N3O4/c1-17-4-6-19(7-5-17)24-23(25(31)20-8-9-22-21(15-20)14-18(2)34-22)26(32)27(33)30(24)12-3-11-29-13-10-28-16-29/h4-10,13,15-16,18,24,31H,3,11-12,14H2,1-2H3/b25-23+/t18-,24+/m0/s1. The van der Waals surface area contributed by atoms with E-state index < -0.39 is 17.7 Å². The lowest BCUT2D eigenvalue weighted by molar-refractivity contribution is -0.139. The summed E-state index contributed by atoms with van der Waals surface area (Å²) in [5, 5.41) is 11.3. The van der Waals surface area contributed by atoms with Crippen LogP contribution in [0.5, 0.6) is 5.75 Å². The van der Waals surface area contributed by atoms with Crippen molar-refractivity contribution in [2.45, 2.75) is 45.4 Å². The molecule has 5 rings (SSSR count). The van der Waals surface area contributed by atoms with Gasteiger partial charge in [-0.1, -0.05) is 29.8 Å². The number of aliphatic hydroxyl groups excluding tert-OH is 1. The number of nitrogens with zero attached hydrogens (tertiary/aromatic N) is 3. The minimum atomic E-state index is -0.657. The lowest BCUT2D eigenvalue weighted by Crippen LogP contribution is -2.31. The van der Waals surface area contributed by atoms with Crippen molar-refractivity contribution in [1.29, 1.82) is 0 Å². The molecule has 2 atom stereocenters. The Balaban J connectivity index is 1.52. The molecule has 1 saturated heterocycles. The van der Waals surface area contributed by atoms with Crippen molar-refractivity contribution in [3.63, 3.8) is 0 Å². The largest absolute Gasteiger partial charge is 0.507 e. The predicted molar refractivity (Wildman–Crippen MR) is 127 cm³/mol. The quantitative estimate of drug-likeness (QED) is 0.343. The fraction of sp³-hybridized carbons (Fsp3) is 0.296. The van der Waals surface area contributed by atoms with Crippen LogP contribution in [0, 0.1) is 6.92 Å². The maximum atomic E-state index is 13.2. The van der Waals surface area contributed by atoms with Crippen LogP contribution in [0.2, 0.25) is 0 Å². The van der Waals surface area contributed by atoms with Crippen LogP contribution >= 0.6 is 0 Å². The number of aromatic nitrogens is 2. The number of amides is 1. The van der Waals surface area contributed by atoms with E-state index in [1.807, 2.05) is 61.0 Å². The molecule has 1 amide bonds. The van der Waals surface area contributed by atoms with Gasteiger partial charge in [-0.2, -0.15) is 0 Å². The van der Waals surface area contributed by atoms with E-state index >= 15 is 0 Å². The van der Waals surface area contributed by atoms with E-state index in [0.29, 0.717) is 25.1 Å². The predicted octanol–water partition coefficient (Wildman–Crippen LogP) is 4.03. The molecule has 2 aromatic carbocycles. The van der Waals surface area contributed by atoms with Crippen LogP contribution in [-0.2, 0) is 22.6 Å². The van der Waals surface area contributed by atoms with Crippen molar-refractivity contribution in [2.75, 3.05) is 6.54 Å². The fourth-order valence-corrected chi connectivity index (χ4v) is 4.77. The maximum absolute atomic E-state index is 13.2. The molecule has 174 valence electrons. The molecule has 0 unspecified atom stereocenters. The Kier molecular flexibility index (Phi) is 5.69. The summed E-state index contributed by atoms with van der Waals surface area (Å²) in [5.41, 5.74) is 3.51. The zero-order valence-electron chi connectivity index (χ0n) is 19.3. The van der Waals surface area contributed by atoms with E-state index in [9.17, 15) is 14.7 Å². The molecular formula is C27H27N3O4. The van der Waals surface area contributed by atoms with Gasteiger partial charge in [0, 0.05) is 37.5 Å². The molecule has 2 aliphatic rings. The summed E-state index contributed by atoms with van der Waals surface area (Å²) >= 11 is 0. The summed E-state index contributed by atoms with van der Waals surface area (Å²) in [4.78, 5) is 32.0. The average Bonchev–Trinajstić information content (AvgIpc) is 3.53. The first-order valence-corrected chi connectivity index (χ1v) is 11.5. The molecule has 7 nitrogen and oxygen atoms in total. The van der Waals surface area contributed by atoms with Gasteiger partial charge in [0.1, 0.15) is 17.6 Å². The summed E-state index contributed by atoms with van der Waals surface area (Å²) < 4.78 is 7.70. The maximum Gasteiger partial charge on any atom is 0.295 e. The molecule has 1 aromatic heterocycles. The van der Waals surface area contributed by atoms with Gasteiger partial charge < -0.3 is 19.3 Å². The van der Waals surface area contributed by atoms with E-state index in [1.165, 1.54) is 0 Å². The Hall–Kier alpha value is -3.87. The van der Waals surface area contributed by atoms with Crippen molar-refractivity contribution in [1.82, 2.24) is 14.5 Å². The third-order valence-corrected chi connectivity index (χ3v) is 6.48. The van der Waals surface area contributed by atoms with Crippen LogP contribution in [0.15, 0.2) is 66.8 Å². The van der Waals surface area contributed by atoms with Crippen molar-refractivity contribution in [2.24, 2.45) is 0 Å². The first kappa shape index (κ1) is 21.9. The summed E-state index contributed by atoms with van der Waals surface area (Å²) in [6.07, 6.45) is 6.76. The minimum Gasteiger partial charge on any atom is -0.507 e. The number of fused-ring (bicyclic) bond motifs is 1. The lowest BCUT2D eigenvalue weighted by Gasteiger charge is -2.25. The summed E-state index contributed by atoms with van der Waals surface area (Å²) in [6, 6.07) is 12.5. The molecule has 0 radical (unpaired) electrons. The second-order valence-corrected chi connectivity index (χ2v) is 9.01. The highest BCUT2D eigenvalue weighted by molar-refractivity contribution is 6.46. The van der Waals surface area contributed by atoms with Crippen LogP contribution < -0.4 is 4.74 Å². The van der Waals surface area contributed by atoms with Gasteiger partial charge in [0.25, 0.3) is 11.7 Å². The number of ether oxygens (including phenoxy) is 1. The second kappa shape index (κ2) is 8.82. The fourth-order valence-electron chi connectivity index (χ4n) is 4.77. The molecular weight excluding hydrogens is 430 g/mol. The number of aryl methyl sites for hydroxylation is 2. The number of benzene rings is 2. The molecule has 34 heavy (non-hydrogen) atoms. The van der Waals surface area contributed by atoms with Crippen LogP contribution in [-0.4, -0.2) is 43.9 Å². The van der Waals surface area contributed by atoms with Crippen LogP contribution in [0.25, 0.3) is 5.76 Å². The Bertz CT molecular complexity index is 1260. The van der Waals surface area contributed by atoms with Gasteiger partial charge in [-0.3, -0.25) is 9.59 Å². The second-order valence-electron chi connectivity index (χ2n) is 9.01. The van der Waals surface area contributed by atoms with Crippen molar-refractivity contribution >= 4 is 17.4 Å². The van der Waals surface area contributed by atoms with E-state index in [0.717, 1.165) is 28.9 Å². The van der Waals surface area contributed by atoms with Crippen LogP contribution in [0.4, 0.5) is 0 Å². The van der Waals surface area contributed by atoms with Crippen molar-refractivity contribution in [3.8, 4) is 5.75 Å². The highest BCUT2D eigenvalue weighted by atomic mass is 16.5. The highest BCUT2D eigenvalue weighted by Gasteiger charge is 2.45. The zero-order valence-corrected chi connectivity index (χ0v) is 19.3. The number of aliphatic hydroxyl groups is 1. The Morgan fingerprint density at radius 1 is 1.15 bits per heavy atom. The summed E-state index contributed by atoms with van der Waals surface area (Å²) in [6.45, 7) is 5.03. The number of rotatable bonds is 6. The number of carbonyl (C=O) groups excluding carboxylic acids is 2. The molecule has 1 N–H and O–H groups in total. The Morgan fingerprint density at radius 3 is 2.68 bits per heavy atom. The number of Topliss-reactive ketones (excluding diaryl/α,β-unsaturated/α-hetero) is 1. The monoisotopic (exact) mass is 457 g/mol. The Labute approximate surface area is 198 Å². The SMILES string of the molecule is Cc1ccc([C@@H]2/C(=C(\O)c3ccc4c(c3)C[C@H](C)O4)C(=O)C(=O)N2CCCn2ccnc2)cc1. The van der Waals surface area contributed by atoms with Gasteiger partial charge in [-0.05, 0) is 49.6 Å². The molecule has 0 spiro atoms. The van der Waals surface area contributed by atoms with Gasteiger partial charge in [0.15, 0.2) is 0 Å². The number of hydrogen-bond acceptors (Lipinski definition) is 5. The average molecular weight is 458 g/mol. The van der Waals surface area contributed by atoms with Gasteiger partial charge in [-0.15, -0.1) is 0 Å². The van der Waals surface area contributed by atoms with Crippen molar-refractivity contribution in [3.05, 3.63) is 89.0 Å². The third-order valence-electron chi connectivity index (χ3n) is 6.48. The van der Waals surface area contributed by atoms with Crippen molar-refractivity contribution < 1.29 is 19.4 Å². The number of ketones is 1. The molecule has 3 heterocycles. The first-order chi connectivity index (χ1) is 16.4. The third kappa shape index (κ3) is 3.98. The van der Waals surface area contributed by atoms with E-state index in [-0.39, 0.29) is 17.4 Å². The van der Waals surface area contributed by atoms with Gasteiger partial charge in [0.05, 0.1) is 17.9 Å². The van der Waals surface area contributed by atoms with Crippen LogP contribution in [0.3, 0.4) is 0 Å². The van der Waals surface area contributed by atoms with Gasteiger partial charge in [-0.25, -0.2) is 4.98 Å². The molecule has 0 aliphatic carbocycles. The van der Waals surface area contributed by atoms with Crippen LogP contribution in [0.1, 0.15) is 41.6 Å². The van der Waals surface area contributed by atoms with E-state index in [1.54, 1.807) is 23.5 Å². The number of imidazole rings is 1. The van der Waals surface area contributed by atoms with Gasteiger partial charge in [0.2, 0.25) is 0 Å². The first-order valence-electron chi connectivity index (χ1n) is 11.5. The highest BCUT2D eigenvalue weighted by Crippen LogP contribution is 2.40. The smallest absolute Gasteiger partial charge is 0.295 e. The molecule has 2 aliphatic heterocycles. The molecule has 0 bridgehead atoms. The normalized spacial score (nSPS) is 21.1. The number of carbonyl (C=O) groups is 2. The lowest BCUT2D eigenvalue weighted by atomic mass is 9.94. The van der Waals surface area contributed by atoms with Gasteiger partial charge >= 0.3 is 0 Å². The number of hydrogen-bond donors (Lipinski definition) is 1. The summed E-state index contributed by atoms with van der Waals surface area (Å²) in [5.74, 6) is -0.603. The topological polar surface area (TPSA) is 84.7 Å². The molecule has 1 fully saturated rings.